The van der Waals surface area contributed by atoms with Gasteiger partial charge in [0.25, 0.3) is 0 Å². The Morgan fingerprint density at radius 3 is 1.68 bits per heavy atom. The molecule has 0 aromatic carbocycles. The van der Waals surface area contributed by atoms with Crippen molar-refractivity contribution < 1.29 is 0 Å². The van der Waals surface area contributed by atoms with Crippen molar-refractivity contribution in [1.82, 2.24) is 0 Å². The highest BCUT2D eigenvalue weighted by atomic mass is 14.1. The Morgan fingerprint density at radius 2 is 1.09 bits per heavy atom. The van der Waals surface area contributed by atoms with Crippen molar-refractivity contribution in [3.8, 4) is 0 Å². The Labute approximate surface area is 140 Å². The summed E-state index contributed by atoms with van der Waals surface area (Å²) in [5, 5.41) is 0. The summed E-state index contributed by atoms with van der Waals surface area (Å²) in [7, 11) is 0. The zero-order valence-electron chi connectivity index (χ0n) is 15.7. The molecule has 0 saturated carbocycles. The first-order valence-electron chi connectivity index (χ1n) is 9.51. The van der Waals surface area contributed by atoms with Crippen LogP contribution in [-0.4, -0.2) is 0 Å². The Kier molecular flexibility index (Phi) is 14.6. The van der Waals surface area contributed by atoms with Crippen LogP contribution in [0.25, 0.3) is 0 Å². The van der Waals surface area contributed by atoms with E-state index in [1.165, 1.54) is 51.4 Å². The molecule has 0 aromatic rings. The van der Waals surface area contributed by atoms with E-state index >= 15 is 0 Å². The first-order chi connectivity index (χ1) is 10.6. The first-order valence-corrected chi connectivity index (χ1v) is 9.51. The van der Waals surface area contributed by atoms with Crippen molar-refractivity contribution in [2.24, 2.45) is 5.41 Å². The summed E-state index contributed by atoms with van der Waals surface area (Å²) in [5.74, 6) is 0. The minimum absolute atomic E-state index is 0.519. The number of allylic oxidation sites excluding steroid dienone is 6. The average molecular weight is 305 g/mol. The molecule has 0 spiro atoms. The Bertz CT molecular complexity index is 298. The maximum absolute atomic E-state index is 2.35. The molecule has 0 atom stereocenters. The van der Waals surface area contributed by atoms with Crippen LogP contribution in [0.1, 0.15) is 98.3 Å². The van der Waals surface area contributed by atoms with Crippen molar-refractivity contribution in [2.45, 2.75) is 98.3 Å². The Balaban J connectivity index is 3.25. The molecule has 0 unspecified atom stereocenters. The van der Waals surface area contributed by atoms with E-state index in [0.29, 0.717) is 5.41 Å². The predicted molar refractivity (Wildman–Crippen MR) is 103 cm³/mol. The zero-order valence-corrected chi connectivity index (χ0v) is 15.7. The third kappa shape index (κ3) is 19.2. The monoisotopic (exact) mass is 304 g/mol. The third-order valence-electron chi connectivity index (χ3n) is 3.83. The van der Waals surface area contributed by atoms with Crippen LogP contribution in [-0.2, 0) is 0 Å². The number of hydrogen-bond acceptors (Lipinski definition) is 0. The summed E-state index contributed by atoms with van der Waals surface area (Å²) in [4.78, 5) is 0. The molecule has 0 amide bonds. The van der Waals surface area contributed by atoms with Crippen LogP contribution < -0.4 is 0 Å². The summed E-state index contributed by atoms with van der Waals surface area (Å²) in [6.45, 7) is 9.21. The highest BCUT2D eigenvalue weighted by Gasteiger charge is 2.08. The molecule has 0 N–H and O–H groups in total. The lowest BCUT2D eigenvalue weighted by atomic mass is 9.89. The molecule has 0 aliphatic heterocycles. The van der Waals surface area contributed by atoms with Gasteiger partial charge in [0.05, 0.1) is 0 Å². The second-order valence-corrected chi connectivity index (χ2v) is 7.51. The summed E-state index contributed by atoms with van der Waals surface area (Å²) < 4.78 is 0. The molecular formula is C22H40. The van der Waals surface area contributed by atoms with Crippen molar-refractivity contribution in [3.63, 3.8) is 0 Å². The summed E-state index contributed by atoms with van der Waals surface area (Å²) in [6.07, 6.45) is 28.0. The van der Waals surface area contributed by atoms with E-state index in [0.717, 1.165) is 19.3 Å². The molecule has 22 heavy (non-hydrogen) atoms. The maximum Gasteiger partial charge on any atom is -0.0169 e. The lowest BCUT2D eigenvalue weighted by Crippen LogP contribution is -2.03. The fraction of sp³-hybridized carbons (Fsp3) is 0.727. The normalized spacial score (nSPS) is 13.1. The second kappa shape index (κ2) is 15.1. The third-order valence-corrected chi connectivity index (χ3v) is 3.83. The molecule has 128 valence electrons. The quantitative estimate of drug-likeness (QED) is 0.239. The molecule has 0 radical (unpaired) electrons. The van der Waals surface area contributed by atoms with E-state index in [4.69, 9.17) is 0 Å². The van der Waals surface area contributed by atoms with E-state index in [9.17, 15) is 0 Å². The summed E-state index contributed by atoms with van der Waals surface area (Å²) in [5.41, 5.74) is 0.519. The van der Waals surface area contributed by atoms with Crippen molar-refractivity contribution in [1.29, 1.82) is 0 Å². The maximum atomic E-state index is 2.35. The summed E-state index contributed by atoms with van der Waals surface area (Å²) >= 11 is 0. The molecule has 0 saturated heterocycles. The fourth-order valence-electron chi connectivity index (χ4n) is 2.45. The molecule has 0 aliphatic rings. The van der Waals surface area contributed by atoms with E-state index in [-0.39, 0.29) is 0 Å². The zero-order chi connectivity index (χ0) is 16.5. The molecule has 0 heterocycles. The summed E-state index contributed by atoms with van der Waals surface area (Å²) in [6, 6.07) is 0. The van der Waals surface area contributed by atoms with E-state index in [1.54, 1.807) is 0 Å². The number of rotatable bonds is 13. The van der Waals surface area contributed by atoms with Gasteiger partial charge in [-0.2, -0.15) is 0 Å². The predicted octanol–water partition coefficient (Wildman–Crippen LogP) is 8.01. The van der Waals surface area contributed by atoms with Crippen LogP contribution in [0.3, 0.4) is 0 Å². The topological polar surface area (TPSA) is 0 Å². The van der Waals surface area contributed by atoms with Crippen LogP contribution in [0.5, 0.6) is 0 Å². The smallest absolute Gasteiger partial charge is 0.0169 e. The van der Waals surface area contributed by atoms with Gasteiger partial charge in [-0.25, -0.2) is 0 Å². The van der Waals surface area contributed by atoms with Crippen molar-refractivity contribution in [2.75, 3.05) is 0 Å². The van der Waals surface area contributed by atoms with Gasteiger partial charge in [-0.15, -0.1) is 0 Å². The Hall–Kier alpha value is -0.780. The molecule has 0 rings (SSSR count). The van der Waals surface area contributed by atoms with Crippen molar-refractivity contribution in [3.05, 3.63) is 36.5 Å². The van der Waals surface area contributed by atoms with Gasteiger partial charge in [-0.3, -0.25) is 0 Å². The van der Waals surface area contributed by atoms with Crippen LogP contribution in [0.2, 0.25) is 0 Å². The van der Waals surface area contributed by atoms with Gasteiger partial charge in [0.2, 0.25) is 0 Å². The molecule has 0 aliphatic carbocycles. The second-order valence-electron chi connectivity index (χ2n) is 7.51. The number of hydrogen-bond donors (Lipinski definition) is 0. The highest BCUT2D eigenvalue weighted by molar-refractivity contribution is 4.96. The van der Waals surface area contributed by atoms with Gasteiger partial charge in [0.1, 0.15) is 0 Å². The fourth-order valence-corrected chi connectivity index (χ4v) is 2.45. The van der Waals surface area contributed by atoms with Gasteiger partial charge < -0.3 is 0 Å². The average Bonchev–Trinajstić information content (AvgIpc) is 2.45. The first kappa shape index (κ1) is 21.2. The minimum atomic E-state index is 0.519. The molecule has 0 bridgehead atoms. The van der Waals surface area contributed by atoms with E-state index in [1.807, 2.05) is 0 Å². The van der Waals surface area contributed by atoms with Crippen molar-refractivity contribution >= 4 is 0 Å². The highest BCUT2D eigenvalue weighted by Crippen LogP contribution is 2.22. The van der Waals surface area contributed by atoms with Crippen LogP contribution in [0.4, 0.5) is 0 Å². The van der Waals surface area contributed by atoms with Gasteiger partial charge >= 0.3 is 0 Å². The van der Waals surface area contributed by atoms with Crippen LogP contribution >= 0.6 is 0 Å². The standard InChI is InChI=1S/C22H40/c1-5-6-7-8-9-10-11-12-13-14-15-16-17-18-19-20-21-22(2,3)4/h6-7,9-10,12-13H,5,8,11,14-21H2,1-4H3/b7-6-,10-9+,13-12-. The molecule has 0 aromatic heterocycles. The molecular weight excluding hydrogens is 264 g/mol. The minimum Gasteiger partial charge on any atom is -0.0885 e. The van der Waals surface area contributed by atoms with Gasteiger partial charge in [-0.05, 0) is 43.9 Å². The van der Waals surface area contributed by atoms with Crippen LogP contribution in [0, 0.1) is 5.41 Å². The number of unbranched alkanes of at least 4 members (excludes halogenated alkanes) is 6. The van der Waals surface area contributed by atoms with Gasteiger partial charge in [0, 0.05) is 0 Å². The largest absolute Gasteiger partial charge is 0.0885 e. The van der Waals surface area contributed by atoms with Gasteiger partial charge in [-0.1, -0.05) is 96.3 Å². The lowest BCUT2D eigenvalue weighted by molar-refractivity contribution is 0.356. The molecule has 0 fully saturated rings. The van der Waals surface area contributed by atoms with E-state index in [2.05, 4.69) is 64.2 Å². The van der Waals surface area contributed by atoms with E-state index < -0.39 is 0 Å². The lowest BCUT2D eigenvalue weighted by Gasteiger charge is -2.17. The molecule has 0 nitrogen and oxygen atoms in total. The molecule has 0 heteroatoms. The van der Waals surface area contributed by atoms with Gasteiger partial charge in [0.15, 0.2) is 0 Å². The Morgan fingerprint density at radius 1 is 0.591 bits per heavy atom. The van der Waals surface area contributed by atoms with Crippen LogP contribution in [0.15, 0.2) is 36.5 Å². The SMILES string of the molecule is CC/C=C\C/C=C/C/C=C\CCCCCCCCC(C)(C)C.